The average Bonchev–Trinajstić information content (AvgIpc) is 2.54. The summed E-state index contributed by atoms with van der Waals surface area (Å²) in [6, 6.07) is 0. The van der Waals surface area contributed by atoms with E-state index in [4.69, 9.17) is 5.73 Å². The van der Waals surface area contributed by atoms with Crippen LogP contribution < -0.4 is 5.73 Å². The van der Waals surface area contributed by atoms with Crippen molar-refractivity contribution in [3.05, 3.63) is 0 Å². The molecule has 4 nitrogen and oxygen atoms in total. The fourth-order valence-corrected chi connectivity index (χ4v) is 2.14. The van der Waals surface area contributed by atoms with Crippen LogP contribution in [-0.4, -0.2) is 43.2 Å². The number of ether oxygens (including phenoxy) is 1. The van der Waals surface area contributed by atoms with E-state index in [0.717, 1.165) is 19.6 Å². The first-order valence-electron chi connectivity index (χ1n) is 5.86. The molecule has 1 unspecified atom stereocenters. The average molecular weight is 228 g/mol. The van der Waals surface area contributed by atoms with Gasteiger partial charge in [-0.1, -0.05) is 13.8 Å². The largest absolute Gasteiger partial charge is 0.468 e. The van der Waals surface area contributed by atoms with Crippen LogP contribution in [0.2, 0.25) is 0 Å². The highest BCUT2D eigenvalue weighted by molar-refractivity contribution is 5.79. The van der Waals surface area contributed by atoms with Crippen molar-refractivity contribution in [2.75, 3.05) is 26.7 Å². The molecule has 1 heterocycles. The molecule has 16 heavy (non-hydrogen) atoms. The number of hydrogen-bond donors (Lipinski definition) is 1. The van der Waals surface area contributed by atoms with Crippen LogP contribution in [0, 0.1) is 5.41 Å². The Morgan fingerprint density at radius 2 is 2.19 bits per heavy atom. The lowest BCUT2D eigenvalue weighted by molar-refractivity contribution is -0.146. The molecule has 1 atom stereocenters. The van der Waals surface area contributed by atoms with Gasteiger partial charge in [0.25, 0.3) is 0 Å². The van der Waals surface area contributed by atoms with E-state index >= 15 is 0 Å². The van der Waals surface area contributed by atoms with Gasteiger partial charge in [0, 0.05) is 13.1 Å². The molecule has 1 saturated heterocycles. The molecule has 0 aromatic heterocycles. The third kappa shape index (κ3) is 3.46. The zero-order valence-corrected chi connectivity index (χ0v) is 10.9. The number of carbonyl (C=O) groups is 1. The fraction of sp³-hybridized carbons (Fsp3) is 0.917. The van der Waals surface area contributed by atoms with E-state index in [9.17, 15) is 4.79 Å². The maximum absolute atomic E-state index is 11.4. The summed E-state index contributed by atoms with van der Waals surface area (Å²) in [5.74, 6) is -0.328. The fourth-order valence-electron chi connectivity index (χ4n) is 2.14. The van der Waals surface area contributed by atoms with E-state index < -0.39 is 5.54 Å². The summed E-state index contributed by atoms with van der Waals surface area (Å²) >= 11 is 0. The second-order valence-corrected chi connectivity index (χ2v) is 5.85. The summed E-state index contributed by atoms with van der Waals surface area (Å²) < 4.78 is 4.69. The van der Waals surface area contributed by atoms with Gasteiger partial charge in [0.1, 0.15) is 5.54 Å². The molecule has 1 fully saturated rings. The van der Waals surface area contributed by atoms with E-state index in [2.05, 4.69) is 23.5 Å². The second kappa shape index (κ2) is 4.72. The van der Waals surface area contributed by atoms with Crippen LogP contribution in [0.1, 0.15) is 33.6 Å². The molecule has 0 aromatic carbocycles. The third-order valence-corrected chi connectivity index (χ3v) is 3.36. The summed E-state index contributed by atoms with van der Waals surface area (Å²) in [6.45, 7) is 9.34. The molecule has 4 heteroatoms. The van der Waals surface area contributed by atoms with Crippen molar-refractivity contribution < 1.29 is 9.53 Å². The maximum atomic E-state index is 11.4. The molecule has 2 N–H and O–H groups in total. The van der Waals surface area contributed by atoms with Crippen molar-refractivity contribution in [1.82, 2.24) is 4.90 Å². The highest BCUT2D eigenvalue weighted by atomic mass is 16.5. The first kappa shape index (κ1) is 13.5. The quantitative estimate of drug-likeness (QED) is 0.729. The van der Waals surface area contributed by atoms with Gasteiger partial charge in [-0.3, -0.25) is 4.79 Å². The van der Waals surface area contributed by atoms with Crippen LogP contribution in [0.3, 0.4) is 0 Å². The molecule has 0 saturated carbocycles. The van der Waals surface area contributed by atoms with Crippen molar-refractivity contribution in [2.45, 2.75) is 39.2 Å². The summed E-state index contributed by atoms with van der Waals surface area (Å²) in [4.78, 5) is 13.8. The molecule has 0 spiro atoms. The molecule has 1 rings (SSSR count). The number of methoxy groups -OCH3 is 1. The number of nitrogens with two attached hydrogens (primary N) is 1. The summed E-state index contributed by atoms with van der Waals surface area (Å²) in [7, 11) is 1.38. The lowest BCUT2D eigenvalue weighted by Gasteiger charge is -2.25. The van der Waals surface area contributed by atoms with Crippen molar-refractivity contribution in [1.29, 1.82) is 0 Å². The number of nitrogens with zero attached hydrogens (tertiary/aromatic N) is 1. The first-order chi connectivity index (χ1) is 7.27. The number of esters is 1. The maximum Gasteiger partial charge on any atom is 0.325 e. The third-order valence-electron chi connectivity index (χ3n) is 3.36. The summed E-state index contributed by atoms with van der Waals surface area (Å²) in [5, 5.41) is 0. The Balaban J connectivity index is 2.38. The minimum absolute atomic E-state index is 0.328. The molecule has 1 aliphatic heterocycles. The summed E-state index contributed by atoms with van der Waals surface area (Å²) in [5.41, 5.74) is 5.45. The minimum atomic E-state index is -0.860. The van der Waals surface area contributed by atoms with E-state index in [-0.39, 0.29) is 5.97 Å². The Bertz CT molecular complexity index is 262. The molecule has 1 aliphatic rings. The van der Waals surface area contributed by atoms with Gasteiger partial charge < -0.3 is 15.4 Å². The van der Waals surface area contributed by atoms with Gasteiger partial charge >= 0.3 is 5.97 Å². The van der Waals surface area contributed by atoms with Crippen LogP contribution in [-0.2, 0) is 9.53 Å². The second-order valence-electron chi connectivity index (χ2n) is 5.85. The number of carbonyl (C=O) groups excluding carboxylic acids is 1. The molecular formula is C12H24N2O2. The Morgan fingerprint density at radius 3 is 2.62 bits per heavy atom. The monoisotopic (exact) mass is 228 g/mol. The van der Waals surface area contributed by atoms with Gasteiger partial charge in [-0.05, 0) is 31.7 Å². The first-order valence-corrected chi connectivity index (χ1v) is 5.86. The highest BCUT2D eigenvalue weighted by Crippen LogP contribution is 2.29. The predicted molar refractivity (Wildman–Crippen MR) is 64.1 cm³/mol. The van der Waals surface area contributed by atoms with E-state index in [1.54, 1.807) is 6.92 Å². The minimum Gasteiger partial charge on any atom is -0.468 e. The lowest BCUT2D eigenvalue weighted by Crippen LogP contribution is -2.48. The van der Waals surface area contributed by atoms with E-state index in [1.165, 1.54) is 13.5 Å². The zero-order chi connectivity index (χ0) is 12.4. The number of likely N-dealkylation sites (tertiary alicyclic amines) is 1. The van der Waals surface area contributed by atoms with Crippen LogP contribution in [0.15, 0.2) is 0 Å². The number of rotatable bonds is 4. The Kier molecular flexibility index (Phi) is 3.97. The van der Waals surface area contributed by atoms with Crippen LogP contribution in [0.25, 0.3) is 0 Å². The molecule has 0 aliphatic carbocycles. The highest BCUT2D eigenvalue weighted by Gasteiger charge is 2.33. The smallest absolute Gasteiger partial charge is 0.325 e. The molecular weight excluding hydrogens is 204 g/mol. The van der Waals surface area contributed by atoms with Crippen molar-refractivity contribution in [3.63, 3.8) is 0 Å². The molecule has 94 valence electrons. The molecule has 0 amide bonds. The van der Waals surface area contributed by atoms with Crippen LogP contribution in [0.5, 0.6) is 0 Å². The molecule has 0 radical (unpaired) electrons. The topological polar surface area (TPSA) is 55.6 Å². The molecule has 0 aromatic rings. The van der Waals surface area contributed by atoms with Crippen molar-refractivity contribution in [3.8, 4) is 0 Å². The predicted octanol–water partition coefficient (Wildman–Crippen LogP) is 0.999. The lowest BCUT2D eigenvalue weighted by atomic mass is 9.93. The van der Waals surface area contributed by atoms with Gasteiger partial charge in [0.05, 0.1) is 7.11 Å². The Morgan fingerprint density at radius 1 is 1.56 bits per heavy atom. The normalized spacial score (nSPS) is 24.1. The van der Waals surface area contributed by atoms with Gasteiger partial charge in [-0.2, -0.15) is 0 Å². The standard InChI is InChI=1S/C12H24N2O2/c1-11(2)5-7-14(9-11)8-6-12(3,13)10(15)16-4/h5-9,13H2,1-4H3. The van der Waals surface area contributed by atoms with Crippen molar-refractivity contribution >= 4 is 5.97 Å². The van der Waals surface area contributed by atoms with Crippen LogP contribution in [0.4, 0.5) is 0 Å². The van der Waals surface area contributed by atoms with Gasteiger partial charge in [0.15, 0.2) is 0 Å². The van der Waals surface area contributed by atoms with Gasteiger partial charge in [0.2, 0.25) is 0 Å². The van der Waals surface area contributed by atoms with E-state index in [1.807, 2.05) is 0 Å². The van der Waals surface area contributed by atoms with Gasteiger partial charge in [-0.25, -0.2) is 0 Å². The van der Waals surface area contributed by atoms with Crippen molar-refractivity contribution in [2.24, 2.45) is 11.1 Å². The Hall–Kier alpha value is -0.610. The zero-order valence-electron chi connectivity index (χ0n) is 10.9. The summed E-state index contributed by atoms with van der Waals surface area (Å²) in [6.07, 6.45) is 1.86. The SMILES string of the molecule is COC(=O)C(C)(N)CCN1CCC(C)(C)C1. The van der Waals surface area contributed by atoms with Crippen LogP contribution >= 0.6 is 0 Å². The van der Waals surface area contributed by atoms with E-state index in [0.29, 0.717) is 11.8 Å². The number of hydrogen-bond acceptors (Lipinski definition) is 4. The molecule has 0 bridgehead atoms. The van der Waals surface area contributed by atoms with Gasteiger partial charge in [-0.15, -0.1) is 0 Å². The Labute approximate surface area is 98.1 Å².